The molecule has 1 aliphatic rings. The van der Waals surface area contributed by atoms with Crippen LogP contribution in [0.15, 0.2) is 42.9 Å². The fourth-order valence-corrected chi connectivity index (χ4v) is 3.77. The van der Waals surface area contributed by atoms with Crippen molar-refractivity contribution in [1.82, 2.24) is 25.1 Å². The zero-order valence-corrected chi connectivity index (χ0v) is 18.8. The van der Waals surface area contributed by atoms with Crippen LogP contribution in [0.3, 0.4) is 0 Å². The Morgan fingerprint density at radius 3 is 2.61 bits per heavy atom. The maximum Gasteiger partial charge on any atom is 0.238 e. The molecule has 2 N–H and O–H groups in total. The van der Waals surface area contributed by atoms with Crippen molar-refractivity contribution in [3.63, 3.8) is 0 Å². The lowest BCUT2D eigenvalue weighted by Gasteiger charge is -2.14. The Morgan fingerprint density at radius 2 is 1.82 bits per heavy atom. The molecule has 33 heavy (non-hydrogen) atoms. The van der Waals surface area contributed by atoms with Crippen LogP contribution < -0.4 is 10.6 Å². The van der Waals surface area contributed by atoms with Gasteiger partial charge in [0.25, 0.3) is 0 Å². The number of pyridine rings is 2. The van der Waals surface area contributed by atoms with E-state index in [0.29, 0.717) is 30.2 Å². The van der Waals surface area contributed by atoms with E-state index >= 15 is 0 Å². The molecular weight excluding hydrogens is 418 g/mol. The Bertz CT molecular complexity index is 1160. The summed E-state index contributed by atoms with van der Waals surface area (Å²) in [6.45, 7) is 6.00. The van der Waals surface area contributed by atoms with Crippen LogP contribution in [0.25, 0.3) is 22.4 Å². The third kappa shape index (κ3) is 5.75. The van der Waals surface area contributed by atoms with Gasteiger partial charge in [-0.05, 0) is 62.7 Å². The van der Waals surface area contributed by atoms with E-state index in [0.717, 1.165) is 48.3 Å². The van der Waals surface area contributed by atoms with Crippen molar-refractivity contribution in [2.24, 2.45) is 0 Å². The number of likely N-dealkylation sites (tertiary alicyclic amines) is 1. The van der Waals surface area contributed by atoms with Crippen LogP contribution in [-0.2, 0) is 9.59 Å². The lowest BCUT2D eigenvalue weighted by molar-refractivity contribution is -0.117. The molecule has 9 heteroatoms. The monoisotopic (exact) mass is 445 g/mol. The smallest absolute Gasteiger partial charge is 0.238 e. The van der Waals surface area contributed by atoms with Gasteiger partial charge in [0.05, 0.1) is 30.3 Å². The van der Waals surface area contributed by atoms with Crippen molar-refractivity contribution >= 4 is 23.3 Å². The van der Waals surface area contributed by atoms with Gasteiger partial charge in [-0.15, -0.1) is 0 Å². The van der Waals surface area contributed by atoms with Crippen LogP contribution in [0.5, 0.6) is 0 Å². The summed E-state index contributed by atoms with van der Waals surface area (Å²) in [5, 5.41) is 14.2. The minimum Gasteiger partial charge on any atom is -0.324 e. The molecule has 4 rings (SSSR count). The number of aryl methyl sites for hydroxylation is 1. The number of nitrogens with zero attached hydrogens (tertiary/aromatic N) is 5. The molecule has 0 aliphatic carbocycles. The number of hydrogen-bond acceptors (Lipinski definition) is 7. The lowest BCUT2D eigenvalue weighted by atomic mass is 10.0. The van der Waals surface area contributed by atoms with E-state index in [1.54, 1.807) is 31.6 Å². The Balaban J connectivity index is 1.55. The molecule has 0 spiro atoms. The molecule has 0 aromatic carbocycles. The normalized spacial score (nSPS) is 13.6. The minimum absolute atomic E-state index is 0.0493. The molecule has 9 nitrogen and oxygen atoms in total. The van der Waals surface area contributed by atoms with Gasteiger partial charge >= 0.3 is 0 Å². The highest BCUT2D eigenvalue weighted by Crippen LogP contribution is 2.27. The van der Waals surface area contributed by atoms with E-state index in [2.05, 4.69) is 35.7 Å². The molecule has 0 bridgehead atoms. The Hall–Kier alpha value is -3.72. The molecule has 1 fully saturated rings. The van der Waals surface area contributed by atoms with Crippen LogP contribution in [-0.4, -0.2) is 56.5 Å². The number of amides is 2. The van der Waals surface area contributed by atoms with Crippen molar-refractivity contribution in [3.8, 4) is 22.4 Å². The van der Waals surface area contributed by atoms with E-state index in [4.69, 9.17) is 0 Å². The number of hydrogen-bond donors (Lipinski definition) is 2. The second-order valence-electron chi connectivity index (χ2n) is 8.05. The van der Waals surface area contributed by atoms with Crippen LogP contribution >= 0.6 is 0 Å². The predicted molar refractivity (Wildman–Crippen MR) is 126 cm³/mol. The largest absolute Gasteiger partial charge is 0.324 e. The number of nitrogens with one attached hydrogen (secondary N) is 2. The highest BCUT2D eigenvalue weighted by molar-refractivity contribution is 5.93. The van der Waals surface area contributed by atoms with Crippen molar-refractivity contribution in [2.75, 3.05) is 30.3 Å². The second kappa shape index (κ2) is 10.3. The van der Waals surface area contributed by atoms with Crippen LogP contribution in [0.1, 0.15) is 31.9 Å². The van der Waals surface area contributed by atoms with Gasteiger partial charge in [0.15, 0.2) is 0 Å². The number of carbonyl (C=O) groups is 2. The third-order valence-electron chi connectivity index (χ3n) is 5.55. The van der Waals surface area contributed by atoms with E-state index in [9.17, 15) is 9.59 Å². The summed E-state index contributed by atoms with van der Waals surface area (Å²) < 4.78 is 0. The zero-order chi connectivity index (χ0) is 23.2. The molecule has 4 heterocycles. The molecule has 2 amide bonds. The first-order valence-electron chi connectivity index (χ1n) is 11.1. The zero-order valence-electron chi connectivity index (χ0n) is 18.8. The quantitative estimate of drug-likeness (QED) is 0.574. The van der Waals surface area contributed by atoms with Crippen LogP contribution in [0, 0.1) is 6.92 Å². The second-order valence-corrected chi connectivity index (χ2v) is 8.05. The molecule has 1 saturated heterocycles. The maximum absolute atomic E-state index is 12.4. The third-order valence-corrected chi connectivity index (χ3v) is 5.55. The minimum atomic E-state index is -0.0986. The van der Waals surface area contributed by atoms with Gasteiger partial charge in [0, 0.05) is 29.4 Å². The lowest BCUT2D eigenvalue weighted by Crippen LogP contribution is -2.30. The summed E-state index contributed by atoms with van der Waals surface area (Å²) in [7, 11) is 0. The van der Waals surface area contributed by atoms with E-state index in [1.807, 2.05) is 25.1 Å². The van der Waals surface area contributed by atoms with E-state index in [1.165, 1.54) is 0 Å². The summed E-state index contributed by atoms with van der Waals surface area (Å²) in [6, 6.07) is 7.43. The van der Waals surface area contributed by atoms with Crippen LogP contribution in [0.4, 0.5) is 11.5 Å². The summed E-state index contributed by atoms with van der Waals surface area (Å²) in [5.41, 5.74) is 4.52. The molecule has 0 unspecified atom stereocenters. The van der Waals surface area contributed by atoms with Crippen molar-refractivity contribution in [1.29, 1.82) is 0 Å². The topological polar surface area (TPSA) is 113 Å². The summed E-state index contributed by atoms with van der Waals surface area (Å²) in [5.74, 6) is 0.337. The maximum atomic E-state index is 12.4. The fourth-order valence-electron chi connectivity index (χ4n) is 3.77. The van der Waals surface area contributed by atoms with Crippen molar-refractivity contribution < 1.29 is 9.59 Å². The summed E-state index contributed by atoms with van der Waals surface area (Å²) >= 11 is 0. The Kier molecular flexibility index (Phi) is 6.99. The van der Waals surface area contributed by atoms with E-state index < -0.39 is 0 Å². The average molecular weight is 446 g/mol. The molecule has 0 atom stereocenters. The Morgan fingerprint density at radius 1 is 1.00 bits per heavy atom. The first-order chi connectivity index (χ1) is 16.0. The summed E-state index contributed by atoms with van der Waals surface area (Å²) in [6.07, 6.45) is 7.62. The van der Waals surface area contributed by atoms with Gasteiger partial charge in [-0.1, -0.05) is 6.92 Å². The first kappa shape index (κ1) is 22.5. The number of carbonyl (C=O) groups excluding carboxylic acids is 2. The standard InChI is InChI=1S/C24H27N7O2/c1-3-23(32)29-22-11-17(6-7-25-22)18-10-21(30-27-13-18)20-12-19(14-26-16(20)2)28-24(33)15-31-8-4-5-9-31/h6-7,10-14H,3-5,8-9,15H2,1-2H3,(H,28,33)(H,25,29,32). The molecule has 170 valence electrons. The van der Waals surface area contributed by atoms with Gasteiger partial charge < -0.3 is 10.6 Å². The van der Waals surface area contributed by atoms with Gasteiger partial charge in [0.1, 0.15) is 5.82 Å². The van der Waals surface area contributed by atoms with E-state index in [-0.39, 0.29) is 11.8 Å². The van der Waals surface area contributed by atoms with Gasteiger partial charge in [-0.2, -0.15) is 10.2 Å². The van der Waals surface area contributed by atoms with Gasteiger partial charge in [-0.25, -0.2) is 4.98 Å². The van der Waals surface area contributed by atoms with Gasteiger partial charge in [0.2, 0.25) is 11.8 Å². The average Bonchev–Trinajstić information content (AvgIpc) is 3.33. The highest BCUT2D eigenvalue weighted by atomic mass is 16.2. The molecule has 0 radical (unpaired) electrons. The highest BCUT2D eigenvalue weighted by Gasteiger charge is 2.16. The van der Waals surface area contributed by atoms with Gasteiger partial charge in [-0.3, -0.25) is 19.5 Å². The SMILES string of the molecule is CCC(=O)Nc1cc(-c2cnnc(-c3cc(NC(=O)CN4CCCC4)cnc3C)c2)ccn1. The van der Waals surface area contributed by atoms with Crippen molar-refractivity contribution in [2.45, 2.75) is 33.1 Å². The Labute approximate surface area is 192 Å². The predicted octanol–water partition coefficient (Wildman–Crippen LogP) is 3.29. The first-order valence-corrected chi connectivity index (χ1v) is 11.1. The molecule has 0 saturated carbocycles. The number of anilines is 2. The summed E-state index contributed by atoms with van der Waals surface area (Å²) in [4.78, 5) is 34.9. The molecule has 3 aromatic rings. The van der Waals surface area contributed by atoms with Crippen LogP contribution in [0.2, 0.25) is 0 Å². The molecular formula is C24H27N7O2. The van der Waals surface area contributed by atoms with Crippen molar-refractivity contribution in [3.05, 3.63) is 48.5 Å². The molecule has 1 aliphatic heterocycles. The fraction of sp³-hybridized carbons (Fsp3) is 0.333. The number of rotatable bonds is 7. The molecule has 3 aromatic heterocycles. The number of aromatic nitrogens is 4.